The zero-order valence-corrected chi connectivity index (χ0v) is 19.8. The Morgan fingerprint density at radius 1 is 1.15 bits per heavy atom. The molecule has 3 N–H and O–H groups in total. The molecule has 1 aromatic carbocycles. The van der Waals surface area contributed by atoms with E-state index in [0.717, 1.165) is 5.56 Å². The lowest BCUT2D eigenvalue weighted by molar-refractivity contribution is -0.150. The number of rotatable bonds is 13. The Morgan fingerprint density at radius 2 is 1.88 bits per heavy atom. The highest BCUT2D eigenvalue weighted by Crippen LogP contribution is 2.19. The van der Waals surface area contributed by atoms with Crippen LogP contribution < -0.4 is 10.6 Å². The summed E-state index contributed by atoms with van der Waals surface area (Å²) in [5, 5.41) is 15.0. The number of carbonyl (C=O) groups excluding carboxylic acids is 3. The number of unbranched alkanes of at least 4 members (excludes halogenated alkanes) is 1. The first-order chi connectivity index (χ1) is 16.3. The fraction of sp³-hybridized carbons (Fsp3) is 0.583. The van der Waals surface area contributed by atoms with Crippen molar-refractivity contribution in [3.63, 3.8) is 0 Å². The van der Waals surface area contributed by atoms with E-state index in [1.54, 1.807) is 13.8 Å². The van der Waals surface area contributed by atoms with Crippen LogP contribution >= 0.6 is 0 Å². The van der Waals surface area contributed by atoms with E-state index < -0.39 is 36.2 Å². The van der Waals surface area contributed by atoms with E-state index in [2.05, 4.69) is 10.6 Å². The number of aliphatic carboxylic acids is 1. The van der Waals surface area contributed by atoms with Gasteiger partial charge in [-0.1, -0.05) is 30.3 Å². The molecule has 1 heterocycles. The summed E-state index contributed by atoms with van der Waals surface area (Å²) in [5.74, 6) is -1.83. The minimum atomic E-state index is -1.02. The summed E-state index contributed by atoms with van der Waals surface area (Å²) in [6.45, 7) is 4.49. The molecule has 0 radical (unpaired) electrons. The van der Waals surface area contributed by atoms with Gasteiger partial charge in [-0.05, 0) is 51.5 Å². The molecule has 0 aliphatic carbocycles. The third-order valence-electron chi connectivity index (χ3n) is 5.62. The van der Waals surface area contributed by atoms with Gasteiger partial charge in [-0.2, -0.15) is 0 Å². The van der Waals surface area contributed by atoms with E-state index in [1.807, 2.05) is 30.3 Å². The molecule has 3 atom stereocenters. The number of carbonyl (C=O) groups is 4. The second-order valence-electron chi connectivity index (χ2n) is 8.21. The van der Waals surface area contributed by atoms with Crippen LogP contribution in [0.4, 0.5) is 4.79 Å². The smallest absolute Gasteiger partial charge is 0.407 e. The van der Waals surface area contributed by atoms with Gasteiger partial charge in [0.2, 0.25) is 5.91 Å². The van der Waals surface area contributed by atoms with Crippen LogP contribution in [0.15, 0.2) is 30.3 Å². The van der Waals surface area contributed by atoms with Crippen molar-refractivity contribution in [3.8, 4) is 0 Å². The first kappa shape index (κ1) is 27.1. The molecule has 1 fully saturated rings. The molecular weight excluding hydrogens is 442 g/mol. The maximum atomic E-state index is 12.8. The van der Waals surface area contributed by atoms with Crippen molar-refractivity contribution in [2.75, 3.05) is 19.7 Å². The monoisotopic (exact) mass is 477 g/mol. The first-order valence-corrected chi connectivity index (χ1v) is 11.7. The molecule has 0 saturated carbocycles. The average Bonchev–Trinajstić information content (AvgIpc) is 3.32. The van der Waals surface area contributed by atoms with Gasteiger partial charge in [0.05, 0.1) is 12.6 Å². The maximum absolute atomic E-state index is 12.8. The second kappa shape index (κ2) is 14.2. The molecule has 2 unspecified atom stereocenters. The number of amides is 2. The van der Waals surface area contributed by atoms with E-state index >= 15 is 0 Å². The summed E-state index contributed by atoms with van der Waals surface area (Å²) in [6.07, 6.45) is 2.15. The van der Waals surface area contributed by atoms with Gasteiger partial charge in [-0.3, -0.25) is 14.9 Å². The molecule has 1 aromatic rings. The van der Waals surface area contributed by atoms with Gasteiger partial charge in [-0.25, -0.2) is 9.59 Å². The second-order valence-corrected chi connectivity index (χ2v) is 8.21. The summed E-state index contributed by atoms with van der Waals surface area (Å²) in [6, 6.07) is 7.09. The Labute approximate surface area is 200 Å². The standard InChI is InChI=1S/C24H35N3O7/c1-3-33-23(31)19(26-17(2)21(28)27-15-9-13-20(27)22(29)30)12-7-8-14-25-24(32)34-16-18-10-5-4-6-11-18/h4-6,10-11,17,19-20,26H,3,7-9,12-16H2,1-2H3,(H,25,32)(H,29,30)/t17?,19?,20-/m0/s1. The van der Waals surface area contributed by atoms with E-state index in [-0.39, 0.29) is 19.1 Å². The van der Waals surface area contributed by atoms with E-state index in [0.29, 0.717) is 45.2 Å². The molecule has 1 aliphatic rings. The summed E-state index contributed by atoms with van der Waals surface area (Å²) in [7, 11) is 0. The van der Waals surface area contributed by atoms with Gasteiger partial charge < -0.3 is 24.8 Å². The van der Waals surface area contributed by atoms with E-state index in [9.17, 15) is 24.3 Å². The van der Waals surface area contributed by atoms with Crippen molar-refractivity contribution in [1.82, 2.24) is 15.5 Å². The van der Waals surface area contributed by atoms with Crippen LogP contribution in [0.2, 0.25) is 0 Å². The summed E-state index contributed by atoms with van der Waals surface area (Å²) >= 11 is 0. The van der Waals surface area contributed by atoms with Crippen LogP contribution in [-0.4, -0.2) is 71.8 Å². The molecule has 34 heavy (non-hydrogen) atoms. The molecule has 2 rings (SSSR count). The van der Waals surface area contributed by atoms with Gasteiger partial charge in [0, 0.05) is 13.1 Å². The topological polar surface area (TPSA) is 134 Å². The molecule has 1 aliphatic heterocycles. The highest BCUT2D eigenvalue weighted by Gasteiger charge is 2.36. The number of esters is 1. The predicted octanol–water partition coefficient (Wildman–Crippen LogP) is 2.07. The highest BCUT2D eigenvalue weighted by atomic mass is 16.5. The molecule has 10 heteroatoms. The van der Waals surface area contributed by atoms with Gasteiger partial charge in [0.15, 0.2) is 0 Å². The van der Waals surface area contributed by atoms with E-state index in [4.69, 9.17) is 9.47 Å². The number of hydrogen-bond acceptors (Lipinski definition) is 7. The number of carboxylic acids is 1. The number of benzene rings is 1. The number of nitrogens with zero attached hydrogens (tertiary/aromatic N) is 1. The maximum Gasteiger partial charge on any atom is 0.407 e. The van der Waals surface area contributed by atoms with Gasteiger partial charge in [0.1, 0.15) is 18.7 Å². The zero-order valence-electron chi connectivity index (χ0n) is 19.8. The number of likely N-dealkylation sites (tertiary alicyclic amines) is 1. The van der Waals surface area contributed by atoms with Crippen LogP contribution in [0.3, 0.4) is 0 Å². The average molecular weight is 478 g/mol. The lowest BCUT2D eigenvalue weighted by Crippen LogP contribution is -2.53. The molecule has 0 spiro atoms. The quantitative estimate of drug-likeness (QED) is 0.290. The first-order valence-electron chi connectivity index (χ1n) is 11.7. The number of alkyl carbamates (subject to hydrolysis) is 1. The summed E-state index contributed by atoms with van der Waals surface area (Å²) in [4.78, 5) is 49.7. The third-order valence-corrected chi connectivity index (χ3v) is 5.62. The fourth-order valence-corrected chi connectivity index (χ4v) is 3.86. The summed E-state index contributed by atoms with van der Waals surface area (Å²) < 4.78 is 10.3. The zero-order chi connectivity index (χ0) is 24.9. The third kappa shape index (κ3) is 8.66. The Hall–Kier alpha value is -3.14. The Bertz CT molecular complexity index is 818. The minimum absolute atomic E-state index is 0.188. The molecule has 188 valence electrons. The Balaban J connectivity index is 1.76. The Kier molecular flexibility index (Phi) is 11.3. The lowest BCUT2D eigenvalue weighted by atomic mass is 10.1. The molecule has 2 amide bonds. The molecule has 0 aromatic heterocycles. The lowest BCUT2D eigenvalue weighted by Gasteiger charge is -2.27. The van der Waals surface area contributed by atoms with Crippen molar-refractivity contribution in [2.45, 2.75) is 70.7 Å². The number of hydrogen-bond donors (Lipinski definition) is 3. The van der Waals surface area contributed by atoms with Gasteiger partial charge >= 0.3 is 18.0 Å². The van der Waals surface area contributed by atoms with Gasteiger partial charge in [-0.15, -0.1) is 0 Å². The largest absolute Gasteiger partial charge is 0.480 e. The minimum Gasteiger partial charge on any atom is -0.480 e. The van der Waals surface area contributed by atoms with Gasteiger partial charge in [0.25, 0.3) is 0 Å². The fourth-order valence-electron chi connectivity index (χ4n) is 3.86. The van der Waals surface area contributed by atoms with Crippen molar-refractivity contribution >= 4 is 23.9 Å². The van der Waals surface area contributed by atoms with Crippen LogP contribution in [0.25, 0.3) is 0 Å². The van der Waals surface area contributed by atoms with Crippen molar-refractivity contribution < 1.29 is 33.8 Å². The number of ether oxygens (including phenoxy) is 2. The van der Waals surface area contributed by atoms with Crippen LogP contribution in [0, 0.1) is 0 Å². The molecular formula is C24H35N3O7. The van der Waals surface area contributed by atoms with Crippen LogP contribution in [0.1, 0.15) is 51.5 Å². The Morgan fingerprint density at radius 3 is 2.56 bits per heavy atom. The number of carboxylic acid groups (broad SMARTS) is 1. The highest BCUT2D eigenvalue weighted by molar-refractivity contribution is 5.88. The molecule has 10 nitrogen and oxygen atoms in total. The van der Waals surface area contributed by atoms with E-state index in [1.165, 1.54) is 4.90 Å². The predicted molar refractivity (Wildman–Crippen MR) is 124 cm³/mol. The summed E-state index contributed by atoms with van der Waals surface area (Å²) in [5.41, 5.74) is 0.897. The molecule has 1 saturated heterocycles. The van der Waals surface area contributed by atoms with Crippen molar-refractivity contribution in [2.24, 2.45) is 0 Å². The number of nitrogens with one attached hydrogen (secondary N) is 2. The van der Waals surface area contributed by atoms with Crippen LogP contribution in [-0.2, 0) is 30.5 Å². The van der Waals surface area contributed by atoms with Crippen molar-refractivity contribution in [1.29, 1.82) is 0 Å². The SMILES string of the molecule is CCOC(=O)C(CCCCNC(=O)OCc1ccccc1)NC(C)C(=O)N1CCC[C@H]1C(=O)O. The molecule has 0 bridgehead atoms. The van der Waals surface area contributed by atoms with Crippen molar-refractivity contribution in [3.05, 3.63) is 35.9 Å². The van der Waals surface area contributed by atoms with Crippen LogP contribution in [0.5, 0.6) is 0 Å². The normalized spacial score (nSPS) is 17.0.